The van der Waals surface area contributed by atoms with Crippen LogP contribution < -0.4 is 0 Å². The van der Waals surface area contributed by atoms with Crippen molar-refractivity contribution in [2.45, 2.75) is 419 Å². The van der Waals surface area contributed by atoms with Crippen molar-refractivity contribution in [3.8, 4) is 0 Å². The lowest BCUT2D eigenvalue weighted by molar-refractivity contribution is -0.161. The Morgan fingerprint density at radius 3 is 0.708 bits per heavy atom. The molecule has 0 aromatic heterocycles. The second-order valence-electron chi connectivity index (χ2n) is 28.7. The number of phosphoric acid groups is 2. The van der Waals surface area contributed by atoms with Crippen molar-refractivity contribution in [3.05, 3.63) is 0 Å². The number of esters is 4. The summed E-state index contributed by atoms with van der Waals surface area (Å²) in [6.45, 7) is 9.55. The fourth-order valence-electron chi connectivity index (χ4n) is 11.8. The molecule has 17 nitrogen and oxygen atoms in total. The summed E-state index contributed by atoms with van der Waals surface area (Å²) in [5.41, 5.74) is 0. The van der Waals surface area contributed by atoms with Crippen molar-refractivity contribution in [1.82, 2.24) is 0 Å². The molecule has 570 valence electrons. The van der Waals surface area contributed by atoms with Crippen LogP contribution in [0.5, 0.6) is 0 Å². The maximum absolute atomic E-state index is 13.1. The van der Waals surface area contributed by atoms with E-state index in [1.54, 1.807) is 0 Å². The zero-order valence-corrected chi connectivity index (χ0v) is 64.5. The minimum Gasteiger partial charge on any atom is -0.462 e. The number of rotatable bonds is 76. The lowest BCUT2D eigenvalue weighted by Gasteiger charge is -2.21. The van der Waals surface area contributed by atoms with Crippen LogP contribution in [0.3, 0.4) is 0 Å². The van der Waals surface area contributed by atoms with E-state index >= 15 is 0 Å². The van der Waals surface area contributed by atoms with Crippen molar-refractivity contribution in [2.75, 3.05) is 39.6 Å². The summed E-state index contributed by atoms with van der Waals surface area (Å²) in [5, 5.41) is 10.6. The van der Waals surface area contributed by atoms with Crippen LogP contribution in [0.2, 0.25) is 0 Å². The molecule has 2 unspecified atom stereocenters. The lowest BCUT2D eigenvalue weighted by atomic mass is 10.0. The van der Waals surface area contributed by atoms with Gasteiger partial charge in [0.05, 0.1) is 26.4 Å². The van der Waals surface area contributed by atoms with Crippen molar-refractivity contribution < 1.29 is 80.2 Å². The molecule has 0 spiro atoms. The molecule has 0 saturated heterocycles. The van der Waals surface area contributed by atoms with Crippen molar-refractivity contribution in [3.63, 3.8) is 0 Å². The molecule has 0 heterocycles. The van der Waals surface area contributed by atoms with Gasteiger partial charge in [0.15, 0.2) is 12.2 Å². The molecule has 0 fully saturated rings. The first-order valence-corrected chi connectivity index (χ1v) is 43.0. The van der Waals surface area contributed by atoms with Crippen LogP contribution in [0.15, 0.2) is 0 Å². The van der Waals surface area contributed by atoms with Crippen LogP contribution in [0, 0.1) is 11.8 Å². The lowest BCUT2D eigenvalue weighted by Crippen LogP contribution is -2.30. The number of carbonyl (C=O) groups is 4. The molecule has 5 atom stereocenters. The molecular weight excluding hydrogens is 1260 g/mol. The Labute approximate surface area is 588 Å². The van der Waals surface area contributed by atoms with Gasteiger partial charge >= 0.3 is 39.5 Å². The predicted molar refractivity (Wildman–Crippen MR) is 391 cm³/mol. The normalized spacial score (nSPS) is 14.0. The number of unbranched alkanes of at least 4 members (excludes halogenated alkanes) is 46. The average Bonchev–Trinajstić information content (AvgIpc) is 1.57. The maximum Gasteiger partial charge on any atom is 0.472 e. The fraction of sp³-hybridized carbons (Fsp3) is 0.948. The van der Waals surface area contributed by atoms with E-state index in [0.717, 1.165) is 108 Å². The predicted octanol–water partition coefficient (Wildman–Crippen LogP) is 22.7. The molecule has 0 aromatic rings. The third-order valence-corrected chi connectivity index (χ3v) is 19.9. The minimum atomic E-state index is -4.96. The van der Waals surface area contributed by atoms with Crippen molar-refractivity contribution in [1.29, 1.82) is 0 Å². The van der Waals surface area contributed by atoms with Crippen LogP contribution >= 0.6 is 15.6 Å². The fourth-order valence-corrected chi connectivity index (χ4v) is 13.4. The second kappa shape index (κ2) is 68.8. The molecule has 0 aromatic carbocycles. The third-order valence-electron chi connectivity index (χ3n) is 18.0. The Morgan fingerprint density at radius 1 is 0.281 bits per heavy atom. The maximum atomic E-state index is 13.1. The van der Waals surface area contributed by atoms with E-state index in [0.29, 0.717) is 25.7 Å². The first kappa shape index (κ1) is 94.1. The molecule has 0 aliphatic rings. The van der Waals surface area contributed by atoms with E-state index < -0.39 is 97.5 Å². The molecule has 0 aliphatic heterocycles. The number of hydrogen-bond donors (Lipinski definition) is 3. The minimum absolute atomic E-state index is 0.106. The van der Waals surface area contributed by atoms with E-state index in [4.69, 9.17) is 37.0 Å². The Balaban J connectivity index is 5.13. The standard InChI is InChI=1S/C77H150O17P2/c1-7-9-11-13-14-15-16-17-18-19-20-21-22-27-33-38-43-49-55-62-77(82)94-73(66-88-75(80)60-54-48-42-37-32-28-23-25-30-35-40-46-51-57-69(3)4)68-92-96(85,86)90-64-71(78)63-89-95(83,84)91-67-72(65-87-74(79)59-53-45-12-10-8-2)93-76(81)61-56-50-44-39-34-29-24-26-31-36-41-47-52-58-70(5)6/h69-73,78H,7-68H2,1-6H3,(H,83,84)(H,85,86)/t71-,72+,73+/m0/s1. The number of hydrogen-bond acceptors (Lipinski definition) is 15. The SMILES string of the molecule is CCCCCCCCCCCCCCCCCCCCCC(=O)O[C@H](COC(=O)CCCCCCCCCCCCCCCC(C)C)COP(=O)(O)OC[C@@H](O)COP(=O)(O)OC[C@@H](COC(=O)CCCCCCC)OC(=O)CCCCCCCCCCCCCCCC(C)C. The smallest absolute Gasteiger partial charge is 0.462 e. The van der Waals surface area contributed by atoms with Crippen LogP contribution in [0.1, 0.15) is 401 Å². The van der Waals surface area contributed by atoms with Crippen LogP contribution in [0.4, 0.5) is 0 Å². The Bertz CT molecular complexity index is 1860. The molecule has 0 rings (SSSR count). The highest BCUT2D eigenvalue weighted by atomic mass is 31.2. The van der Waals surface area contributed by atoms with Gasteiger partial charge in [-0.15, -0.1) is 0 Å². The highest BCUT2D eigenvalue weighted by Gasteiger charge is 2.30. The monoisotopic (exact) mass is 1410 g/mol. The molecule has 19 heteroatoms. The summed E-state index contributed by atoms with van der Waals surface area (Å²) in [4.78, 5) is 72.6. The van der Waals surface area contributed by atoms with E-state index in [1.165, 1.54) is 212 Å². The first-order chi connectivity index (χ1) is 46.4. The van der Waals surface area contributed by atoms with Crippen molar-refractivity contribution in [2.24, 2.45) is 11.8 Å². The summed E-state index contributed by atoms with van der Waals surface area (Å²) >= 11 is 0. The van der Waals surface area contributed by atoms with Gasteiger partial charge in [-0.25, -0.2) is 9.13 Å². The van der Waals surface area contributed by atoms with Gasteiger partial charge in [-0.2, -0.15) is 0 Å². The Kier molecular flexibility index (Phi) is 67.4. The van der Waals surface area contributed by atoms with E-state index in [9.17, 15) is 43.2 Å². The van der Waals surface area contributed by atoms with Crippen LogP contribution in [-0.4, -0.2) is 96.7 Å². The van der Waals surface area contributed by atoms with E-state index in [-0.39, 0.29) is 25.7 Å². The van der Waals surface area contributed by atoms with E-state index in [1.807, 2.05) is 0 Å². The van der Waals surface area contributed by atoms with Crippen LogP contribution in [0.25, 0.3) is 0 Å². The Hall–Kier alpha value is -1.94. The van der Waals surface area contributed by atoms with Gasteiger partial charge in [-0.1, -0.05) is 350 Å². The first-order valence-electron chi connectivity index (χ1n) is 40.0. The topological polar surface area (TPSA) is 237 Å². The Morgan fingerprint density at radius 2 is 0.479 bits per heavy atom. The molecule has 0 radical (unpaired) electrons. The summed E-state index contributed by atoms with van der Waals surface area (Å²) < 4.78 is 68.4. The quantitative estimate of drug-likeness (QED) is 0.0222. The number of aliphatic hydroxyl groups is 1. The summed E-state index contributed by atoms with van der Waals surface area (Å²) in [6.07, 6.45) is 57.3. The summed E-state index contributed by atoms with van der Waals surface area (Å²) in [7, 11) is -9.90. The van der Waals surface area contributed by atoms with Gasteiger partial charge in [0.1, 0.15) is 19.3 Å². The molecule has 96 heavy (non-hydrogen) atoms. The molecular formula is C77H150O17P2. The zero-order chi connectivity index (χ0) is 70.7. The molecule has 0 aliphatic carbocycles. The second-order valence-corrected chi connectivity index (χ2v) is 31.6. The average molecular weight is 1410 g/mol. The summed E-state index contributed by atoms with van der Waals surface area (Å²) in [5.74, 6) is -0.547. The van der Waals surface area contributed by atoms with Gasteiger partial charge in [-0.3, -0.25) is 37.3 Å². The zero-order valence-electron chi connectivity index (χ0n) is 62.7. The number of carbonyl (C=O) groups excluding carboxylic acids is 4. The summed E-state index contributed by atoms with van der Waals surface area (Å²) in [6, 6.07) is 0. The highest BCUT2D eigenvalue weighted by molar-refractivity contribution is 7.47. The number of phosphoric ester groups is 2. The van der Waals surface area contributed by atoms with Gasteiger partial charge in [0.25, 0.3) is 0 Å². The van der Waals surface area contributed by atoms with Gasteiger partial charge in [0.2, 0.25) is 0 Å². The molecule has 0 amide bonds. The van der Waals surface area contributed by atoms with Crippen LogP contribution in [-0.2, 0) is 65.4 Å². The van der Waals surface area contributed by atoms with Crippen molar-refractivity contribution >= 4 is 39.5 Å². The molecule has 0 bridgehead atoms. The number of ether oxygens (including phenoxy) is 4. The molecule has 3 N–H and O–H groups in total. The molecule has 0 saturated carbocycles. The van der Waals surface area contributed by atoms with Gasteiger partial charge < -0.3 is 33.8 Å². The number of aliphatic hydroxyl groups excluding tert-OH is 1. The third kappa shape index (κ3) is 70.5. The highest BCUT2D eigenvalue weighted by Crippen LogP contribution is 2.45. The largest absolute Gasteiger partial charge is 0.472 e. The van der Waals surface area contributed by atoms with Gasteiger partial charge in [-0.05, 0) is 37.5 Å². The van der Waals surface area contributed by atoms with E-state index in [2.05, 4.69) is 41.5 Å². The van der Waals surface area contributed by atoms with Gasteiger partial charge in [0, 0.05) is 25.7 Å².